The third-order valence-electron chi connectivity index (χ3n) is 3.35. The Labute approximate surface area is 107 Å². The van der Waals surface area contributed by atoms with Gasteiger partial charge in [-0.05, 0) is 38.8 Å². The predicted molar refractivity (Wildman–Crippen MR) is 72.3 cm³/mol. The molecule has 2 heterocycles. The van der Waals surface area contributed by atoms with Gasteiger partial charge in [0, 0.05) is 21.8 Å². The van der Waals surface area contributed by atoms with E-state index < -0.39 is 9.84 Å². The zero-order chi connectivity index (χ0) is 12.7. The first kappa shape index (κ1) is 13.1. The van der Waals surface area contributed by atoms with E-state index in [9.17, 15) is 8.42 Å². The maximum Gasteiger partial charge on any atom is 0.152 e. The monoisotopic (exact) mass is 273 g/mol. The van der Waals surface area contributed by atoms with Gasteiger partial charge in [0.2, 0.25) is 0 Å². The Morgan fingerprint density at radius 2 is 2.18 bits per heavy atom. The lowest BCUT2D eigenvalue weighted by molar-refractivity contribution is 0.395. The summed E-state index contributed by atoms with van der Waals surface area (Å²) in [5, 5.41) is 3.41. The first-order chi connectivity index (χ1) is 7.80. The first-order valence-electron chi connectivity index (χ1n) is 5.81. The third-order valence-corrected chi connectivity index (χ3v) is 6.26. The van der Waals surface area contributed by atoms with Crippen molar-refractivity contribution in [1.82, 2.24) is 5.32 Å². The van der Waals surface area contributed by atoms with E-state index in [1.54, 1.807) is 11.3 Å². The fraction of sp³-hybridized carbons (Fsp3) is 0.667. The minimum atomic E-state index is -2.82. The second-order valence-corrected chi connectivity index (χ2v) is 8.84. The smallest absolute Gasteiger partial charge is 0.152 e. The largest absolute Gasteiger partial charge is 0.306 e. The molecule has 0 amide bonds. The fourth-order valence-corrected chi connectivity index (χ4v) is 5.39. The molecular formula is C12H19NO2S2. The summed E-state index contributed by atoms with van der Waals surface area (Å²) in [7, 11) is -2.82. The number of sulfone groups is 1. The Balaban J connectivity index is 2.01. The number of nitrogens with one attached hydrogen (secondary N) is 1. The van der Waals surface area contributed by atoms with Crippen molar-refractivity contribution in [1.29, 1.82) is 0 Å². The van der Waals surface area contributed by atoms with Crippen molar-refractivity contribution in [2.24, 2.45) is 0 Å². The van der Waals surface area contributed by atoms with Crippen molar-refractivity contribution in [2.75, 3.05) is 11.5 Å². The van der Waals surface area contributed by atoms with Crippen LogP contribution < -0.4 is 5.32 Å². The van der Waals surface area contributed by atoms with Crippen molar-refractivity contribution < 1.29 is 8.42 Å². The van der Waals surface area contributed by atoms with Crippen molar-refractivity contribution in [3.8, 4) is 0 Å². The standard InChI is InChI=1S/C12H19NO2S2/c1-9-6-11(10(2)16-9)7-13-12(3)4-5-17(14,15)8-12/h6,13H,4-5,7-8H2,1-3H3. The minimum absolute atomic E-state index is 0.249. The average Bonchev–Trinajstić information content (AvgIpc) is 2.65. The van der Waals surface area contributed by atoms with E-state index >= 15 is 0 Å². The lowest BCUT2D eigenvalue weighted by Crippen LogP contribution is -2.42. The molecule has 0 saturated carbocycles. The van der Waals surface area contributed by atoms with Gasteiger partial charge in [-0.2, -0.15) is 0 Å². The molecule has 1 aliphatic rings. The molecule has 1 aromatic rings. The van der Waals surface area contributed by atoms with E-state index in [0.29, 0.717) is 5.75 Å². The van der Waals surface area contributed by atoms with Crippen LogP contribution in [0.5, 0.6) is 0 Å². The molecule has 1 atom stereocenters. The first-order valence-corrected chi connectivity index (χ1v) is 8.45. The van der Waals surface area contributed by atoms with Crippen molar-refractivity contribution >= 4 is 21.2 Å². The van der Waals surface area contributed by atoms with Crippen molar-refractivity contribution in [2.45, 2.75) is 39.3 Å². The molecule has 0 aromatic carbocycles. The molecule has 96 valence electrons. The van der Waals surface area contributed by atoms with E-state index in [0.717, 1.165) is 13.0 Å². The summed E-state index contributed by atoms with van der Waals surface area (Å²) in [6, 6.07) is 2.18. The van der Waals surface area contributed by atoms with Crippen LogP contribution in [-0.4, -0.2) is 25.5 Å². The molecule has 3 nitrogen and oxygen atoms in total. The number of aryl methyl sites for hydroxylation is 2. The Bertz CT molecular complexity index is 519. The Morgan fingerprint density at radius 3 is 2.65 bits per heavy atom. The zero-order valence-corrected chi connectivity index (χ0v) is 12.2. The number of rotatable bonds is 3. The lowest BCUT2D eigenvalue weighted by Gasteiger charge is -2.23. The van der Waals surface area contributed by atoms with E-state index in [1.165, 1.54) is 15.3 Å². The molecule has 5 heteroatoms. The summed E-state index contributed by atoms with van der Waals surface area (Å²) in [5.74, 6) is 0.584. The van der Waals surface area contributed by atoms with Crippen LogP contribution in [0.25, 0.3) is 0 Å². The van der Waals surface area contributed by atoms with Gasteiger partial charge in [-0.25, -0.2) is 8.42 Å². The van der Waals surface area contributed by atoms with E-state index in [2.05, 4.69) is 25.2 Å². The topological polar surface area (TPSA) is 46.2 Å². The Hall–Kier alpha value is -0.390. The molecule has 1 saturated heterocycles. The molecule has 1 fully saturated rings. The van der Waals surface area contributed by atoms with Crippen LogP contribution in [0.4, 0.5) is 0 Å². The maximum absolute atomic E-state index is 11.5. The van der Waals surface area contributed by atoms with Gasteiger partial charge in [0.1, 0.15) is 0 Å². The van der Waals surface area contributed by atoms with Gasteiger partial charge in [-0.3, -0.25) is 0 Å². The maximum atomic E-state index is 11.5. The van der Waals surface area contributed by atoms with Gasteiger partial charge in [0.25, 0.3) is 0 Å². The summed E-state index contributed by atoms with van der Waals surface area (Å²) in [5.41, 5.74) is 1.04. The van der Waals surface area contributed by atoms with Crippen molar-refractivity contribution in [3.63, 3.8) is 0 Å². The summed E-state index contributed by atoms with van der Waals surface area (Å²) in [4.78, 5) is 2.63. The Morgan fingerprint density at radius 1 is 1.47 bits per heavy atom. The van der Waals surface area contributed by atoms with Crippen LogP contribution in [0.1, 0.15) is 28.7 Å². The predicted octanol–water partition coefficient (Wildman–Crippen LogP) is 2.03. The molecule has 0 radical (unpaired) electrons. The quantitative estimate of drug-likeness (QED) is 0.916. The van der Waals surface area contributed by atoms with Crippen LogP contribution in [0.15, 0.2) is 6.07 Å². The van der Waals surface area contributed by atoms with Gasteiger partial charge in [0.05, 0.1) is 11.5 Å². The molecule has 1 N–H and O–H groups in total. The molecule has 0 spiro atoms. The highest BCUT2D eigenvalue weighted by molar-refractivity contribution is 7.91. The zero-order valence-electron chi connectivity index (χ0n) is 10.5. The van der Waals surface area contributed by atoms with Gasteiger partial charge < -0.3 is 5.32 Å². The van der Waals surface area contributed by atoms with Gasteiger partial charge in [-0.15, -0.1) is 11.3 Å². The lowest BCUT2D eigenvalue weighted by atomic mass is 10.0. The second-order valence-electron chi connectivity index (χ2n) is 5.19. The van der Waals surface area contributed by atoms with Crippen LogP contribution in [-0.2, 0) is 16.4 Å². The summed E-state index contributed by atoms with van der Waals surface area (Å²) >= 11 is 1.79. The van der Waals surface area contributed by atoms with Gasteiger partial charge >= 0.3 is 0 Å². The highest BCUT2D eigenvalue weighted by Crippen LogP contribution is 2.25. The van der Waals surface area contributed by atoms with E-state index in [4.69, 9.17) is 0 Å². The highest BCUT2D eigenvalue weighted by Gasteiger charge is 2.37. The molecule has 1 unspecified atom stereocenters. The molecule has 1 aliphatic heterocycles. The van der Waals surface area contributed by atoms with E-state index in [-0.39, 0.29) is 11.3 Å². The van der Waals surface area contributed by atoms with Crippen molar-refractivity contribution in [3.05, 3.63) is 21.4 Å². The number of hydrogen-bond acceptors (Lipinski definition) is 4. The molecular weight excluding hydrogens is 254 g/mol. The fourth-order valence-electron chi connectivity index (χ4n) is 2.32. The van der Waals surface area contributed by atoms with Crippen LogP contribution in [0.2, 0.25) is 0 Å². The highest BCUT2D eigenvalue weighted by atomic mass is 32.2. The Kier molecular flexibility index (Phi) is 3.36. The summed E-state index contributed by atoms with van der Waals surface area (Å²) < 4.78 is 23.0. The second kappa shape index (κ2) is 4.37. The van der Waals surface area contributed by atoms with E-state index in [1.807, 2.05) is 6.92 Å². The van der Waals surface area contributed by atoms with Crippen LogP contribution >= 0.6 is 11.3 Å². The molecule has 1 aromatic heterocycles. The van der Waals surface area contributed by atoms with Crippen LogP contribution in [0, 0.1) is 13.8 Å². The summed E-state index contributed by atoms with van der Waals surface area (Å²) in [6.45, 7) is 6.99. The number of thiophene rings is 1. The normalized spacial score (nSPS) is 27.5. The van der Waals surface area contributed by atoms with Gasteiger partial charge in [-0.1, -0.05) is 0 Å². The molecule has 0 bridgehead atoms. The van der Waals surface area contributed by atoms with Gasteiger partial charge in [0.15, 0.2) is 9.84 Å². The minimum Gasteiger partial charge on any atom is -0.306 e. The molecule has 17 heavy (non-hydrogen) atoms. The SMILES string of the molecule is Cc1cc(CNC2(C)CCS(=O)(=O)C2)c(C)s1. The molecule has 0 aliphatic carbocycles. The summed E-state index contributed by atoms with van der Waals surface area (Å²) in [6.07, 6.45) is 0.720. The number of hydrogen-bond donors (Lipinski definition) is 1. The van der Waals surface area contributed by atoms with Crippen LogP contribution in [0.3, 0.4) is 0 Å². The molecule has 2 rings (SSSR count). The average molecular weight is 273 g/mol. The third kappa shape index (κ3) is 3.09.